The molecule has 24 heavy (non-hydrogen) atoms. The molecule has 1 aromatic carbocycles. The summed E-state index contributed by atoms with van der Waals surface area (Å²) in [4.78, 5) is 4.14. The van der Waals surface area contributed by atoms with Gasteiger partial charge in [-0.1, -0.05) is 22.9 Å². The highest BCUT2D eigenvalue weighted by Gasteiger charge is 2.11. The average molecular weight is 352 g/mol. The zero-order valence-electron chi connectivity index (χ0n) is 12.2. The van der Waals surface area contributed by atoms with Crippen LogP contribution in [0.25, 0.3) is 5.69 Å². The van der Waals surface area contributed by atoms with Gasteiger partial charge in [-0.2, -0.15) is 8.78 Å². The molecule has 0 aliphatic rings. The molecule has 0 aliphatic carbocycles. The molecule has 9 heteroatoms. The lowest BCUT2D eigenvalue weighted by molar-refractivity contribution is -0.0497. The van der Waals surface area contributed by atoms with Crippen LogP contribution in [0.2, 0.25) is 5.02 Å². The lowest BCUT2D eigenvalue weighted by atomic mass is 10.3. The number of alkyl halides is 2. The first kappa shape index (κ1) is 16.1. The van der Waals surface area contributed by atoms with Gasteiger partial charge in [-0.15, -0.1) is 5.10 Å². The summed E-state index contributed by atoms with van der Waals surface area (Å²) in [5.74, 6) is 0.596. The van der Waals surface area contributed by atoms with Gasteiger partial charge in [-0.05, 0) is 24.3 Å². The van der Waals surface area contributed by atoms with E-state index in [1.165, 1.54) is 16.8 Å². The average Bonchev–Trinajstić information content (AvgIpc) is 3.04. The van der Waals surface area contributed by atoms with Crippen molar-refractivity contribution < 1.29 is 13.5 Å². The molecule has 0 amide bonds. The van der Waals surface area contributed by atoms with Crippen molar-refractivity contribution in [3.63, 3.8) is 0 Å². The Morgan fingerprint density at radius 1 is 1.25 bits per heavy atom. The third kappa shape index (κ3) is 3.96. The maximum absolute atomic E-state index is 12.4. The fraction of sp³-hybridized carbons (Fsp3) is 0.133. The molecule has 2 heterocycles. The fourth-order valence-corrected chi connectivity index (χ4v) is 2.14. The molecule has 1 N–H and O–H groups in total. The zero-order chi connectivity index (χ0) is 16.9. The van der Waals surface area contributed by atoms with E-state index in [9.17, 15) is 8.78 Å². The zero-order valence-corrected chi connectivity index (χ0v) is 13.0. The summed E-state index contributed by atoms with van der Waals surface area (Å²) in [6.45, 7) is -2.53. The molecule has 0 saturated carbocycles. The number of halogens is 3. The molecular formula is C15H12ClF2N5O. The highest BCUT2D eigenvalue weighted by molar-refractivity contribution is 6.32. The van der Waals surface area contributed by atoms with Gasteiger partial charge in [0.25, 0.3) is 0 Å². The van der Waals surface area contributed by atoms with Gasteiger partial charge >= 0.3 is 6.61 Å². The number of pyridine rings is 1. The number of rotatable bonds is 6. The van der Waals surface area contributed by atoms with Crippen LogP contribution in [0.3, 0.4) is 0 Å². The Hall–Kier alpha value is -2.74. The first-order valence-corrected chi connectivity index (χ1v) is 7.30. The van der Waals surface area contributed by atoms with E-state index in [-0.39, 0.29) is 10.8 Å². The second kappa shape index (κ2) is 7.22. The quantitative estimate of drug-likeness (QED) is 0.736. The van der Waals surface area contributed by atoms with E-state index in [4.69, 9.17) is 11.6 Å². The van der Waals surface area contributed by atoms with Gasteiger partial charge in [0.1, 0.15) is 17.3 Å². The molecule has 6 nitrogen and oxygen atoms in total. The molecule has 0 unspecified atom stereocenters. The van der Waals surface area contributed by atoms with Gasteiger partial charge in [-0.3, -0.25) is 0 Å². The number of ether oxygens (including phenoxy) is 1. The molecular weight excluding hydrogens is 340 g/mol. The van der Waals surface area contributed by atoms with Crippen LogP contribution in [0.15, 0.2) is 48.8 Å². The highest BCUT2D eigenvalue weighted by atomic mass is 35.5. The number of aromatic nitrogens is 4. The van der Waals surface area contributed by atoms with E-state index >= 15 is 0 Å². The minimum atomic E-state index is -2.95. The minimum absolute atomic E-state index is 0.0937. The normalized spacial score (nSPS) is 10.8. The van der Waals surface area contributed by atoms with Gasteiger partial charge in [-0.25, -0.2) is 9.67 Å². The summed E-state index contributed by atoms with van der Waals surface area (Å²) in [7, 11) is 0. The summed E-state index contributed by atoms with van der Waals surface area (Å²) in [6, 6.07) is 9.98. The summed E-state index contributed by atoms with van der Waals surface area (Å²) >= 11 is 5.83. The molecule has 0 bridgehead atoms. The van der Waals surface area contributed by atoms with Gasteiger partial charge < -0.3 is 10.1 Å². The summed E-state index contributed by atoms with van der Waals surface area (Å²) in [6.07, 6.45) is 3.35. The summed E-state index contributed by atoms with van der Waals surface area (Å²) < 4.78 is 30.6. The molecule has 0 aliphatic heterocycles. The van der Waals surface area contributed by atoms with Crippen molar-refractivity contribution in [1.29, 1.82) is 0 Å². The topological polar surface area (TPSA) is 64.9 Å². The largest absolute Gasteiger partial charge is 0.433 e. The Labute approximate surface area is 141 Å². The van der Waals surface area contributed by atoms with Gasteiger partial charge in [0.15, 0.2) is 0 Å². The predicted octanol–water partition coefficient (Wildman–Crippen LogP) is 3.53. The number of nitrogens with one attached hydrogen (secondary N) is 1. The van der Waals surface area contributed by atoms with Gasteiger partial charge in [0.2, 0.25) is 0 Å². The first-order chi connectivity index (χ1) is 11.6. The van der Waals surface area contributed by atoms with Crippen molar-refractivity contribution in [2.24, 2.45) is 0 Å². The Morgan fingerprint density at radius 3 is 2.88 bits per heavy atom. The van der Waals surface area contributed by atoms with Crippen molar-refractivity contribution >= 4 is 17.4 Å². The Kier molecular flexibility index (Phi) is 4.85. The van der Waals surface area contributed by atoms with E-state index < -0.39 is 6.61 Å². The van der Waals surface area contributed by atoms with Gasteiger partial charge in [0, 0.05) is 12.3 Å². The van der Waals surface area contributed by atoms with E-state index in [1.807, 2.05) is 18.2 Å². The molecule has 0 atom stereocenters. The van der Waals surface area contributed by atoms with Crippen LogP contribution in [-0.2, 0) is 6.54 Å². The Morgan fingerprint density at radius 2 is 2.12 bits per heavy atom. The summed E-state index contributed by atoms with van der Waals surface area (Å²) in [5.41, 5.74) is 1.17. The number of anilines is 1. The molecule has 3 rings (SSSR count). The van der Waals surface area contributed by atoms with Crippen molar-refractivity contribution in [2.75, 3.05) is 5.32 Å². The first-order valence-electron chi connectivity index (χ1n) is 6.92. The summed E-state index contributed by atoms with van der Waals surface area (Å²) in [5, 5.41) is 11.2. The maximum atomic E-state index is 12.4. The predicted molar refractivity (Wildman–Crippen MR) is 84.6 cm³/mol. The van der Waals surface area contributed by atoms with Crippen LogP contribution in [0.4, 0.5) is 14.6 Å². The molecule has 3 aromatic rings. The minimum Gasteiger partial charge on any atom is -0.433 e. The SMILES string of the molecule is FC(F)Oc1cc(-n2cc(CNc3ccccn3)nn2)ccc1Cl. The van der Waals surface area contributed by atoms with Crippen molar-refractivity contribution in [3.05, 3.63) is 59.5 Å². The molecule has 124 valence electrons. The molecule has 0 fully saturated rings. The van der Waals surface area contributed by atoms with E-state index in [1.54, 1.807) is 18.5 Å². The van der Waals surface area contributed by atoms with Gasteiger partial charge in [0.05, 0.1) is 23.5 Å². The molecule has 0 radical (unpaired) electrons. The lowest BCUT2D eigenvalue weighted by Gasteiger charge is -2.08. The molecule has 2 aromatic heterocycles. The van der Waals surface area contributed by atoms with Crippen molar-refractivity contribution in [3.8, 4) is 11.4 Å². The number of benzene rings is 1. The van der Waals surface area contributed by atoms with Crippen LogP contribution in [0.1, 0.15) is 5.69 Å². The Bertz CT molecular complexity index is 813. The van der Waals surface area contributed by atoms with E-state index in [2.05, 4.69) is 25.3 Å². The van der Waals surface area contributed by atoms with Crippen LogP contribution in [0.5, 0.6) is 5.75 Å². The van der Waals surface area contributed by atoms with Crippen LogP contribution >= 0.6 is 11.6 Å². The highest BCUT2D eigenvalue weighted by Crippen LogP contribution is 2.28. The third-order valence-electron chi connectivity index (χ3n) is 3.05. The van der Waals surface area contributed by atoms with Crippen molar-refractivity contribution in [1.82, 2.24) is 20.0 Å². The number of hydrogen-bond acceptors (Lipinski definition) is 5. The van der Waals surface area contributed by atoms with Crippen molar-refractivity contribution in [2.45, 2.75) is 13.2 Å². The number of nitrogens with zero attached hydrogens (tertiary/aromatic N) is 4. The maximum Gasteiger partial charge on any atom is 0.387 e. The lowest BCUT2D eigenvalue weighted by Crippen LogP contribution is -2.04. The standard InChI is InChI=1S/C15H12ClF2N5O/c16-12-5-4-11(7-13(12)24-15(17)18)23-9-10(21-22-23)8-20-14-3-1-2-6-19-14/h1-7,9,15H,8H2,(H,19,20). The molecule has 0 spiro atoms. The smallest absolute Gasteiger partial charge is 0.387 e. The van der Waals surface area contributed by atoms with Crippen LogP contribution in [0, 0.1) is 0 Å². The second-order valence-corrected chi connectivity index (χ2v) is 5.12. The molecule has 0 saturated heterocycles. The van der Waals surface area contributed by atoms with Crippen LogP contribution in [-0.4, -0.2) is 26.6 Å². The fourth-order valence-electron chi connectivity index (χ4n) is 1.97. The van der Waals surface area contributed by atoms with Crippen LogP contribution < -0.4 is 10.1 Å². The number of hydrogen-bond donors (Lipinski definition) is 1. The third-order valence-corrected chi connectivity index (χ3v) is 3.36. The van der Waals surface area contributed by atoms with E-state index in [0.717, 1.165) is 0 Å². The Balaban J connectivity index is 1.73. The monoisotopic (exact) mass is 351 g/mol. The second-order valence-electron chi connectivity index (χ2n) is 4.72. The van der Waals surface area contributed by atoms with E-state index in [0.29, 0.717) is 23.7 Å².